The number of nitrogens with two attached hydrogens (primary N) is 2. The van der Waals surface area contributed by atoms with Gasteiger partial charge in [0.1, 0.15) is 0 Å². The molecule has 1 amide bonds. The molecular weight excluding hydrogens is 234 g/mol. The molecule has 4 nitrogen and oxygen atoms in total. The van der Waals surface area contributed by atoms with Crippen LogP contribution in [0.4, 0.5) is 11.4 Å². The Balaban J connectivity index is 2.10. The minimum Gasteiger partial charge on any atom is -0.398 e. The van der Waals surface area contributed by atoms with Crippen LogP contribution in [0.3, 0.4) is 0 Å². The summed E-state index contributed by atoms with van der Waals surface area (Å²) in [6.45, 7) is 0. The minimum atomic E-state index is -0.481. The van der Waals surface area contributed by atoms with Crippen LogP contribution in [0.5, 0.6) is 0 Å². The van der Waals surface area contributed by atoms with Crippen molar-refractivity contribution in [3.05, 3.63) is 23.8 Å². The van der Waals surface area contributed by atoms with Crippen LogP contribution in [0, 0.1) is 0 Å². The Morgan fingerprint density at radius 3 is 2.71 bits per heavy atom. The summed E-state index contributed by atoms with van der Waals surface area (Å²) in [6.07, 6.45) is 2.31. The SMILES string of the molecule is NC(=O)c1cc(NC2CCSCC2)ccc1N. The lowest BCUT2D eigenvalue weighted by Crippen LogP contribution is -2.24. The van der Waals surface area contributed by atoms with E-state index in [1.165, 1.54) is 11.5 Å². The second-order valence-corrected chi connectivity index (χ2v) is 5.42. The lowest BCUT2D eigenvalue weighted by Gasteiger charge is -2.23. The molecule has 0 radical (unpaired) electrons. The van der Waals surface area contributed by atoms with Crippen molar-refractivity contribution in [2.24, 2.45) is 5.73 Å². The molecule has 0 atom stereocenters. The number of carbonyl (C=O) groups is 1. The number of anilines is 2. The van der Waals surface area contributed by atoms with E-state index >= 15 is 0 Å². The van der Waals surface area contributed by atoms with Crippen molar-refractivity contribution in [2.75, 3.05) is 22.6 Å². The molecule has 92 valence electrons. The molecule has 1 aromatic rings. The van der Waals surface area contributed by atoms with E-state index in [4.69, 9.17) is 11.5 Å². The summed E-state index contributed by atoms with van der Waals surface area (Å²) in [5.74, 6) is 1.90. The first-order valence-electron chi connectivity index (χ1n) is 5.70. The number of nitrogen functional groups attached to an aromatic ring is 1. The first-order chi connectivity index (χ1) is 8.16. The highest BCUT2D eigenvalue weighted by atomic mass is 32.2. The number of amides is 1. The van der Waals surface area contributed by atoms with Crippen molar-refractivity contribution in [1.29, 1.82) is 0 Å². The molecule has 0 aromatic heterocycles. The van der Waals surface area contributed by atoms with Gasteiger partial charge in [-0.2, -0.15) is 11.8 Å². The zero-order chi connectivity index (χ0) is 12.3. The van der Waals surface area contributed by atoms with E-state index in [9.17, 15) is 4.79 Å². The summed E-state index contributed by atoms with van der Waals surface area (Å²) in [7, 11) is 0. The van der Waals surface area contributed by atoms with Gasteiger partial charge < -0.3 is 16.8 Å². The predicted molar refractivity (Wildman–Crippen MR) is 73.3 cm³/mol. The number of hydrogen-bond acceptors (Lipinski definition) is 4. The van der Waals surface area contributed by atoms with E-state index in [1.807, 2.05) is 17.8 Å². The maximum Gasteiger partial charge on any atom is 0.250 e. The van der Waals surface area contributed by atoms with Crippen LogP contribution in [0.25, 0.3) is 0 Å². The molecule has 1 aliphatic rings. The smallest absolute Gasteiger partial charge is 0.250 e. The summed E-state index contributed by atoms with van der Waals surface area (Å²) < 4.78 is 0. The van der Waals surface area contributed by atoms with Crippen molar-refractivity contribution in [3.63, 3.8) is 0 Å². The molecule has 1 heterocycles. The fourth-order valence-electron chi connectivity index (χ4n) is 1.94. The van der Waals surface area contributed by atoms with Crippen molar-refractivity contribution in [1.82, 2.24) is 0 Å². The normalized spacial score (nSPS) is 16.7. The van der Waals surface area contributed by atoms with Crippen LogP contribution >= 0.6 is 11.8 Å². The van der Waals surface area contributed by atoms with Gasteiger partial charge in [-0.3, -0.25) is 4.79 Å². The van der Waals surface area contributed by atoms with Crippen LogP contribution in [-0.4, -0.2) is 23.5 Å². The van der Waals surface area contributed by atoms with Gasteiger partial charge in [0.05, 0.1) is 5.56 Å². The summed E-state index contributed by atoms with van der Waals surface area (Å²) in [4.78, 5) is 11.2. The third-order valence-electron chi connectivity index (χ3n) is 2.91. The number of primary amides is 1. The summed E-state index contributed by atoms with van der Waals surface area (Å²) in [5, 5.41) is 3.43. The fourth-order valence-corrected chi connectivity index (χ4v) is 3.04. The molecule has 0 bridgehead atoms. The van der Waals surface area contributed by atoms with E-state index in [0.29, 0.717) is 17.3 Å². The number of benzene rings is 1. The summed E-state index contributed by atoms with van der Waals surface area (Å²) >= 11 is 1.99. The Kier molecular flexibility index (Phi) is 3.78. The molecule has 5 heteroatoms. The van der Waals surface area contributed by atoms with Crippen LogP contribution in [0.15, 0.2) is 18.2 Å². The number of thioether (sulfide) groups is 1. The zero-order valence-corrected chi connectivity index (χ0v) is 10.4. The molecule has 1 aromatic carbocycles. The highest BCUT2D eigenvalue weighted by Gasteiger charge is 2.14. The molecule has 1 fully saturated rings. The van der Waals surface area contributed by atoms with Gasteiger partial charge in [0.2, 0.25) is 0 Å². The third kappa shape index (κ3) is 3.06. The highest BCUT2D eigenvalue weighted by Crippen LogP contribution is 2.23. The van der Waals surface area contributed by atoms with Gasteiger partial charge in [-0.25, -0.2) is 0 Å². The fraction of sp³-hybridized carbons (Fsp3) is 0.417. The second-order valence-electron chi connectivity index (χ2n) is 4.20. The third-order valence-corrected chi connectivity index (χ3v) is 3.96. The van der Waals surface area contributed by atoms with Crippen LogP contribution < -0.4 is 16.8 Å². The Bertz CT molecular complexity index is 416. The molecule has 0 spiro atoms. The van der Waals surface area contributed by atoms with Crippen LogP contribution in [0.1, 0.15) is 23.2 Å². The molecule has 0 aliphatic carbocycles. The highest BCUT2D eigenvalue weighted by molar-refractivity contribution is 7.99. The average Bonchev–Trinajstić information content (AvgIpc) is 2.32. The van der Waals surface area contributed by atoms with E-state index in [2.05, 4.69) is 5.32 Å². The molecule has 0 unspecified atom stereocenters. The molecule has 5 N–H and O–H groups in total. The van der Waals surface area contributed by atoms with Crippen molar-refractivity contribution >= 4 is 29.0 Å². The van der Waals surface area contributed by atoms with Crippen LogP contribution in [0.2, 0.25) is 0 Å². The zero-order valence-electron chi connectivity index (χ0n) is 9.61. The topological polar surface area (TPSA) is 81.1 Å². The quantitative estimate of drug-likeness (QED) is 0.714. The largest absolute Gasteiger partial charge is 0.398 e. The Hall–Kier alpha value is -1.36. The predicted octanol–water partition coefficient (Wildman–Crippen LogP) is 1.68. The first kappa shape index (κ1) is 12.1. The van der Waals surface area contributed by atoms with Gasteiger partial charge in [-0.1, -0.05) is 0 Å². The van der Waals surface area contributed by atoms with E-state index in [0.717, 1.165) is 18.5 Å². The summed E-state index contributed by atoms with van der Waals surface area (Å²) in [5.41, 5.74) is 12.7. The molecule has 1 saturated heterocycles. The monoisotopic (exact) mass is 251 g/mol. The number of carbonyl (C=O) groups excluding carboxylic acids is 1. The Morgan fingerprint density at radius 2 is 2.06 bits per heavy atom. The van der Waals surface area contributed by atoms with Crippen molar-refractivity contribution in [2.45, 2.75) is 18.9 Å². The van der Waals surface area contributed by atoms with Gasteiger partial charge in [-0.15, -0.1) is 0 Å². The molecular formula is C12H17N3OS. The Morgan fingerprint density at radius 1 is 1.35 bits per heavy atom. The van der Waals surface area contributed by atoms with Gasteiger partial charge in [0.25, 0.3) is 5.91 Å². The minimum absolute atomic E-state index is 0.389. The van der Waals surface area contributed by atoms with Gasteiger partial charge in [0.15, 0.2) is 0 Å². The molecule has 1 aliphatic heterocycles. The standard InChI is InChI=1S/C12H17N3OS/c13-11-2-1-9(7-10(11)12(14)16)15-8-3-5-17-6-4-8/h1-2,7-8,15H,3-6,13H2,(H2,14,16). The number of rotatable bonds is 3. The maximum absolute atomic E-state index is 11.2. The van der Waals surface area contributed by atoms with Crippen molar-refractivity contribution in [3.8, 4) is 0 Å². The lowest BCUT2D eigenvalue weighted by molar-refractivity contribution is 0.100. The molecule has 17 heavy (non-hydrogen) atoms. The van der Waals surface area contributed by atoms with Crippen LogP contribution in [-0.2, 0) is 0 Å². The summed E-state index contributed by atoms with van der Waals surface area (Å²) in [6, 6.07) is 5.84. The Labute approximate surface area is 105 Å². The van der Waals surface area contributed by atoms with Gasteiger partial charge >= 0.3 is 0 Å². The maximum atomic E-state index is 11.2. The lowest BCUT2D eigenvalue weighted by atomic mass is 10.1. The molecule has 2 rings (SSSR count). The van der Waals surface area contributed by atoms with E-state index in [1.54, 1.807) is 12.1 Å². The van der Waals surface area contributed by atoms with E-state index < -0.39 is 5.91 Å². The van der Waals surface area contributed by atoms with Gasteiger partial charge in [0, 0.05) is 17.4 Å². The number of hydrogen-bond donors (Lipinski definition) is 3. The second kappa shape index (κ2) is 5.31. The average molecular weight is 251 g/mol. The first-order valence-corrected chi connectivity index (χ1v) is 6.86. The van der Waals surface area contributed by atoms with Crippen molar-refractivity contribution < 1.29 is 4.79 Å². The van der Waals surface area contributed by atoms with Gasteiger partial charge in [-0.05, 0) is 42.5 Å². The number of nitrogens with one attached hydrogen (secondary N) is 1. The van der Waals surface area contributed by atoms with E-state index in [-0.39, 0.29) is 0 Å². The molecule has 0 saturated carbocycles.